The highest BCUT2D eigenvalue weighted by molar-refractivity contribution is 7.15. The van der Waals surface area contributed by atoms with Crippen LogP contribution in [0.25, 0.3) is 0 Å². The molecule has 7 nitrogen and oxygen atoms in total. The topological polar surface area (TPSA) is 74.8 Å². The fourth-order valence-electron chi connectivity index (χ4n) is 2.83. The number of anilines is 1. The van der Waals surface area contributed by atoms with Gasteiger partial charge >= 0.3 is 0 Å². The Bertz CT molecular complexity index is 580. The van der Waals surface area contributed by atoms with E-state index in [1.807, 2.05) is 20.8 Å². The summed E-state index contributed by atoms with van der Waals surface area (Å²) in [6.45, 7) is 10.9. The van der Waals surface area contributed by atoms with E-state index in [0.717, 1.165) is 56.3 Å². The fraction of sp³-hybridized carbons (Fsp3) is 0.722. The van der Waals surface area contributed by atoms with Crippen molar-refractivity contribution in [3.05, 3.63) is 10.6 Å². The number of thiazole rings is 1. The molecule has 1 N–H and O–H groups in total. The number of aromatic nitrogens is 1. The van der Waals surface area contributed by atoms with Crippen molar-refractivity contribution in [3.8, 4) is 0 Å². The molecule has 8 heteroatoms. The standard InChI is InChI=1S/C18H30N4O3S/c1-4-6-17(24)22(8-5-7-21-9-11-25-12-10-21)13-16(23)20-18-19-14(2)15(3)26-18/h4-13H2,1-3H3,(H,19,20,23). The minimum absolute atomic E-state index is 0.0381. The van der Waals surface area contributed by atoms with Gasteiger partial charge in [-0.2, -0.15) is 0 Å². The van der Waals surface area contributed by atoms with Crippen LogP contribution in [0.3, 0.4) is 0 Å². The van der Waals surface area contributed by atoms with E-state index in [1.54, 1.807) is 4.90 Å². The molecule has 0 aliphatic carbocycles. The molecule has 2 heterocycles. The molecule has 0 aromatic carbocycles. The maximum atomic E-state index is 12.4. The van der Waals surface area contributed by atoms with Crippen LogP contribution in [0, 0.1) is 13.8 Å². The lowest BCUT2D eigenvalue weighted by Gasteiger charge is -2.28. The molecular weight excluding hydrogens is 352 g/mol. The van der Waals surface area contributed by atoms with Crippen LogP contribution in [0.4, 0.5) is 5.13 Å². The number of nitrogens with zero attached hydrogens (tertiary/aromatic N) is 3. The van der Waals surface area contributed by atoms with E-state index in [1.165, 1.54) is 11.3 Å². The van der Waals surface area contributed by atoms with Gasteiger partial charge in [0.25, 0.3) is 0 Å². The lowest BCUT2D eigenvalue weighted by Crippen LogP contribution is -2.41. The number of hydrogen-bond donors (Lipinski definition) is 1. The first-order valence-electron chi connectivity index (χ1n) is 9.31. The van der Waals surface area contributed by atoms with Crippen LogP contribution in [0.5, 0.6) is 0 Å². The molecule has 2 amide bonds. The number of hydrogen-bond acceptors (Lipinski definition) is 6. The van der Waals surface area contributed by atoms with Crippen molar-refractivity contribution in [3.63, 3.8) is 0 Å². The van der Waals surface area contributed by atoms with Crippen molar-refractivity contribution < 1.29 is 14.3 Å². The lowest BCUT2D eigenvalue weighted by atomic mass is 10.2. The SMILES string of the molecule is CCCC(=O)N(CCCN1CCOCC1)CC(=O)Nc1nc(C)c(C)s1. The van der Waals surface area contributed by atoms with Crippen LogP contribution in [0.2, 0.25) is 0 Å². The van der Waals surface area contributed by atoms with Gasteiger partial charge in [-0.05, 0) is 26.7 Å². The third-order valence-electron chi connectivity index (χ3n) is 4.43. The number of carbonyl (C=O) groups is 2. The van der Waals surface area contributed by atoms with Gasteiger partial charge in [-0.1, -0.05) is 6.92 Å². The molecule has 2 rings (SSSR count). The molecule has 26 heavy (non-hydrogen) atoms. The molecule has 0 radical (unpaired) electrons. The van der Waals surface area contributed by atoms with E-state index in [9.17, 15) is 9.59 Å². The Morgan fingerprint density at radius 1 is 1.31 bits per heavy atom. The molecule has 0 bridgehead atoms. The molecule has 1 aromatic rings. The second-order valence-corrected chi connectivity index (χ2v) is 7.78. The Hall–Kier alpha value is -1.51. The first kappa shape index (κ1) is 20.8. The van der Waals surface area contributed by atoms with E-state index in [0.29, 0.717) is 18.1 Å². The summed E-state index contributed by atoms with van der Waals surface area (Å²) < 4.78 is 5.35. The highest BCUT2D eigenvalue weighted by atomic mass is 32.1. The summed E-state index contributed by atoms with van der Waals surface area (Å²) in [6.07, 6.45) is 2.11. The summed E-state index contributed by atoms with van der Waals surface area (Å²) in [5.41, 5.74) is 0.926. The summed E-state index contributed by atoms with van der Waals surface area (Å²) in [5, 5.41) is 3.42. The largest absolute Gasteiger partial charge is 0.379 e. The molecule has 146 valence electrons. The van der Waals surface area contributed by atoms with E-state index < -0.39 is 0 Å². The average molecular weight is 383 g/mol. The van der Waals surface area contributed by atoms with Gasteiger partial charge in [0.2, 0.25) is 11.8 Å². The van der Waals surface area contributed by atoms with Gasteiger partial charge in [0, 0.05) is 37.5 Å². The Morgan fingerprint density at radius 2 is 2.04 bits per heavy atom. The number of carbonyl (C=O) groups excluding carboxylic acids is 2. The van der Waals surface area contributed by atoms with Gasteiger partial charge in [0.1, 0.15) is 0 Å². The van der Waals surface area contributed by atoms with Crippen molar-refractivity contribution >= 4 is 28.3 Å². The van der Waals surface area contributed by atoms with Crippen LogP contribution < -0.4 is 5.32 Å². The van der Waals surface area contributed by atoms with Gasteiger partial charge in [-0.15, -0.1) is 11.3 Å². The second kappa shape index (κ2) is 10.6. The predicted molar refractivity (Wildman–Crippen MR) is 104 cm³/mol. The number of amides is 2. The number of ether oxygens (including phenoxy) is 1. The van der Waals surface area contributed by atoms with Gasteiger partial charge in [0.15, 0.2) is 5.13 Å². The van der Waals surface area contributed by atoms with Crippen LogP contribution >= 0.6 is 11.3 Å². The molecule has 0 saturated carbocycles. The van der Waals surface area contributed by atoms with Gasteiger partial charge in [-0.25, -0.2) is 4.98 Å². The molecule has 0 spiro atoms. The summed E-state index contributed by atoms with van der Waals surface area (Å²) >= 11 is 1.46. The number of morpholine rings is 1. The Balaban J connectivity index is 1.84. The molecular formula is C18H30N4O3S. The summed E-state index contributed by atoms with van der Waals surface area (Å²) in [5.74, 6) is -0.147. The van der Waals surface area contributed by atoms with Gasteiger partial charge in [0.05, 0.1) is 25.5 Å². The minimum Gasteiger partial charge on any atom is -0.379 e. The summed E-state index contributed by atoms with van der Waals surface area (Å²) in [7, 11) is 0. The van der Waals surface area contributed by atoms with Crippen LogP contribution in [0.1, 0.15) is 36.8 Å². The van der Waals surface area contributed by atoms with Gasteiger partial charge in [-0.3, -0.25) is 14.5 Å². The number of nitrogens with one attached hydrogen (secondary N) is 1. The van der Waals surface area contributed by atoms with Crippen molar-refractivity contribution in [1.82, 2.24) is 14.8 Å². The van der Waals surface area contributed by atoms with Crippen LogP contribution in [-0.4, -0.2) is 72.5 Å². The zero-order valence-corrected chi connectivity index (χ0v) is 16.9. The van der Waals surface area contributed by atoms with Crippen molar-refractivity contribution in [2.75, 3.05) is 51.3 Å². The Kier molecular flexibility index (Phi) is 8.47. The first-order chi connectivity index (χ1) is 12.5. The normalized spacial score (nSPS) is 15.0. The molecule has 0 unspecified atom stereocenters. The van der Waals surface area contributed by atoms with Crippen molar-refractivity contribution in [2.24, 2.45) is 0 Å². The maximum absolute atomic E-state index is 12.4. The summed E-state index contributed by atoms with van der Waals surface area (Å²) in [4.78, 5) is 34.2. The lowest BCUT2D eigenvalue weighted by molar-refractivity contribution is -0.134. The zero-order valence-electron chi connectivity index (χ0n) is 16.0. The molecule has 1 aliphatic rings. The third kappa shape index (κ3) is 6.66. The quantitative estimate of drug-likeness (QED) is 0.707. The van der Waals surface area contributed by atoms with Gasteiger partial charge < -0.3 is 15.0 Å². The highest BCUT2D eigenvalue weighted by Crippen LogP contribution is 2.21. The molecule has 1 aromatic heterocycles. The number of aryl methyl sites for hydroxylation is 2. The fourth-order valence-corrected chi connectivity index (χ4v) is 3.66. The Labute approximate surface area is 159 Å². The van der Waals surface area contributed by atoms with E-state index in [-0.39, 0.29) is 18.4 Å². The number of rotatable bonds is 9. The Morgan fingerprint density at radius 3 is 2.65 bits per heavy atom. The molecule has 1 saturated heterocycles. The zero-order chi connectivity index (χ0) is 18.9. The molecule has 1 aliphatic heterocycles. The smallest absolute Gasteiger partial charge is 0.245 e. The van der Waals surface area contributed by atoms with Crippen molar-refractivity contribution in [2.45, 2.75) is 40.0 Å². The van der Waals surface area contributed by atoms with E-state index in [2.05, 4.69) is 15.2 Å². The van der Waals surface area contributed by atoms with Crippen LogP contribution in [0.15, 0.2) is 0 Å². The highest BCUT2D eigenvalue weighted by Gasteiger charge is 2.18. The first-order valence-corrected chi connectivity index (χ1v) is 10.1. The monoisotopic (exact) mass is 382 g/mol. The third-order valence-corrected chi connectivity index (χ3v) is 5.42. The molecule has 1 fully saturated rings. The second-order valence-electron chi connectivity index (χ2n) is 6.58. The average Bonchev–Trinajstić information content (AvgIpc) is 2.92. The van der Waals surface area contributed by atoms with E-state index >= 15 is 0 Å². The van der Waals surface area contributed by atoms with Crippen LogP contribution in [-0.2, 0) is 14.3 Å². The van der Waals surface area contributed by atoms with Crippen molar-refractivity contribution in [1.29, 1.82) is 0 Å². The minimum atomic E-state index is -0.186. The predicted octanol–water partition coefficient (Wildman–Crippen LogP) is 2.05. The molecule has 0 atom stereocenters. The maximum Gasteiger partial charge on any atom is 0.245 e. The van der Waals surface area contributed by atoms with E-state index in [4.69, 9.17) is 4.74 Å². The summed E-state index contributed by atoms with van der Waals surface area (Å²) in [6, 6.07) is 0.